The van der Waals surface area contributed by atoms with E-state index >= 15 is 0 Å². The van der Waals surface area contributed by atoms with Crippen LogP contribution >= 0.6 is 0 Å². The number of anilines is 3. The summed E-state index contributed by atoms with van der Waals surface area (Å²) in [6.45, 7) is 0. The van der Waals surface area contributed by atoms with E-state index in [1.54, 1.807) is 0 Å². The van der Waals surface area contributed by atoms with E-state index in [-0.39, 0.29) is 0 Å². The van der Waals surface area contributed by atoms with Gasteiger partial charge in [-0.05, 0) is 102 Å². The van der Waals surface area contributed by atoms with Gasteiger partial charge in [0, 0.05) is 16.8 Å². The van der Waals surface area contributed by atoms with Crippen molar-refractivity contribution < 1.29 is 0 Å². The van der Waals surface area contributed by atoms with Crippen molar-refractivity contribution in [3.05, 3.63) is 224 Å². The first-order valence-electron chi connectivity index (χ1n) is 18.9. The summed E-state index contributed by atoms with van der Waals surface area (Å²) in [5, 5.41) is 7.52. The summed E-state index contributed by atoms with van der Waals surface area (Å²) in [4.78, 5) is 2.46. The summed E-state index contributed by atoms with van der Waals surface area (Å²) in [7, 11) is 0. The predicted octanol–water partition coefficient (Wildman–Crippen LogP) is 15.3. The molecule has 0 atom stereocenters. The van der Waals surface area contributed by atoms with Crippen molar-refractivity contribution in [1.29, 1.82) is 0 Å². The molecule has 0 radical (unpaired) electrons. The van der Waals surface area contributed by atoms with Crippen molar-refractivity contribution in [1.82, 2.24) is 0 Å². The monoisotopic (exact) mass is 699 g/mol. The van der Waals surface area contributed by atoms with Crippen molar-refractivity contribution in [2.75, 3.05) is 4.90 Å². The number of hydrogen-bond donors (Lipinski definition) is 0. The Hall–Kier alpha value is -7.22. The van der Waals surface area contributed by atoms with Crippen molar-refractivity contribution in [3.8, 4) is 44.5 Å². The van der Waals surface area contributed by atoms with Gasteiger partial charge in [-0.15, -0.1) is 0 Å². The Kier molecular flexibility index (Phi) is 8.24. The lowest BCUT2D eigenvalue weighted by Gasteiger charge is -2.31. The van der Waals surface area contributed by atoms with Crippen LogP contribution in [-0.4, -0.2) is 0 Å². The second-order valence-corrected chi connectivity index (χ2v) is 14.1. The summed E-state index contributed by atoms with van der Waals surface area (Å²) in [5.74, 6) is 0. The number of fused-ring (bicyclic) bond motifs is 4. The Morgan fingerprint density at radius 2 is 0.800 bits per heavy atom. The number of hydrogen-bond acceptors (Lipinski definition) is 1. The summed E-state index contributed by atoms with van der Waals surface area (Å²) in [5.41, 5.74) is 12.8. The van der Waals surface area contributed by atoms with Crippen LogP contribution in [-0.2, 0) is 0 Å². The van der Waals surface area contributed by atoms with E-state index in [2.05, 4.69) is 229 Å². The van der Waals surface area contributed by atoms with Crippen LogP contribution in [0.1, 0.15) is 0 Å². The molecule has 1 heteroatoms. The van der Waals surface area contributed by atoms with Crippen LogP contribution in [0.3, 0.4) is 0 Å². The molecular weight excluding hydrogens is 663 g/mol. The third-order valence-electron chi connectivity index (χ3n) is 10.8. The first-order chi connectivity index (χ1) is 27.3. The topological polar surface area (TPSA) is 3.24 Å². The van der Waals surface area contributed by atoms with Crippen molar-refractivity contribution in [2.45, 2.75) is 0 Å². The van der Waals surface area contributed by atoms with Crippen LogP contribution in [0.15, 0.2) is 224 Å². The van der Waals surface area contributed by atoms with Gasteiger partial charge >= 0.3 is 0 Å². The quantitative estimate of drug-likeness (QED) is 0.150. The van der Waals surface area contributed by atoms with Gasteiger partial charge < -0.3 is 4.90 Å². The Morgan fingerprint density at radius 1 is 0.255 bits per heavy atom. The van der Waals surface area contributed by atoms with Crippen molar-refractivity contribution >= 4 is 49.4 Å². The smallest absolute Gasteiger partial charge is 0.0546 e. The highest BCUT2D eigenvalue weighted by atomic mass is 15.1. The lowest BCUT2D eigenvalue weighted by Crippen LogP contribution is -2.13. The van der Waals surface area contributed by atoms with Gasteiger partial charge in [0.2, 0.25) is 0 Å². The maximum absolute atomic E-state index is 2.46. The molecule has 0 fully saturated rings. The second kappa shape index (κ2) is 14.0. The zero-order chi connectivity index (χ0) is 36.6. The normalized spacial score (nSPS) is 11.3. The Labute approximate surface area is 322 Å². The predicted molar refractivity (Wildman–Crippen MR) is 235 cm³/mol. The first-order valence-corrected chi connectivity index (χ1v) is 18.9. The fraction of sp³-hybridized carbons (Fsp3) is 0. The van der Waals surface area contributed by atoms with E-state index in [1.165, 1.54) is 76.8 Å². The lowest BCUT2D eigenvalue weighted by atomic mass is 9.91. The third-order valence-corrected chi connectivity index (χ3v) is 10.8. The molecule has 0 saturated heterocycles. The molecule has 0 bridgehead atoms. The van der Waals surface area contributed by atoms with Crippen LogP contribution in [0.2, 0.25) is 0 Å². The van der Waals surface area contributed by atoms with Gasteiger partial charge in [-0.2, -0.15) is 0 Å². The summed E-state index contributed by atoms with van der Waals surface area (Å²) in [6.07, 6.45) is 0. The largest absolute Gasteiger partial charge is 0.309 e. The van der Waals surface area contributed by atoms with Gasteiger partial charge in [0.1, 0.15) is 0 Å². The van der Waals surface area contributed by atoms with E-state index in [0.717, 1.165) is 17.1 Å². The molecule has 0 aromatic heterocycles. The molecule has 0 aliphatic heterocycles. The minimum Gasteiger partial charge on any atom is -0.309 e. The molecular formula is C54H37N. The highest BCUT2D eigenvalue weighted by Gasteiger charge is 2.23. The van der Waals surface area contributed by atoms with Gasteiger partial charge in [0.05, 0.1) is 11.4 Å². The van der Waals surface area contributed by atoms with Gasteiger partial charge in [-0.3, -0.25) is 0 Å². The molecule has 10 aromatic carbocycles. The molecule has 1 nitrogen and oxygen atoms in total. The first kappa shape index (κ1) is 32.4. The molecule has 0 aliphatic carbocycles. The molecule has 10 aromatic rings. The summed E-state index contributed by atoms with van der Waals surface area (Å²) < 4.78 is 0. The molecule has 0 aliphatic rings. The maximum Gasteiger partial charge on any atom is 0.0546 e. The molecule has 0 heterocycles. The zero-order valence-corrected chi connectivity index (χ0v) is 30.3. The van der Waals surface area contributed by atoms with Crippen LogP contribution < -0.4 is 4.90 Å². The maximum atomic E-state index is 2.46. The molecule has 10 rings (SSSR count). The summed E-state index contributed by atoms with van der Waals surface area (Å²) >= 11 is 0. The molecule has 55 heavy (non-hydrogen) atoms. The fourth-order valence-corrected chi connectivity index (χ4v) is 8.25. The molecule has 0 saturated carbocycles. The number of nitrogens with zero attached hydrogens (tertiary/aromatic N) is 1. The molecule has 0 N–H and O–H groups in total. The van der Waals surface area contributed by atoms with Gasteiger partial charge in [-0.25, -0.2) is 0 Å². The third kappa shape index (κ3) is 5.93. The highest BCUT2D eigenvalue weighted by molar-refractivity contribution is 6.14. The Balaban J connectivity index is 1.21. The van der Waals surface area contributed by atoms with E-state index < -0.39 is 0 Å². The van der Waals surface area contributed by atoms with Crippen LogP contribution in [0, 0.1) is 0 Å². The van der Waals surface area contributed by atoms with Gasteiger partial charge in [0.25, 0.3) is 0 Å². The Bertz CT molecular complexity index is 2960. The molecule has 0 amide bonds. The minimum absolute atomic E-state index is 1.09. The SMILES string of the molecule is c1ccc(-c2cccc(N(c3ccc(-c4cc5ccccc5c5ccccc45)cc3)c3ccccc3-c3ccc4ccccc4c3)c2-c2ccccc2)cc1. The van der Waals surface area contributed by atoms with Crippen LogP contribution in [0.4, 0.5) is 17.1 Å². The number of benzene rings is 10. The molecule has 0 spiro atoms. The average molecular weight is 700 g/mol. The standard InChI is InChI=1S/C54H37N/c1-3-17-39(18-4-1)48-27-15-29-53(54(48)41-19-5-2-6-20-41)55(52-28-14-13-24-47(52)44-31-30-38-16-7-8-21-42(38)36-44)45-34-32-40(33-35-45)51-37-43-22-9-10-23-46(43)49-25-11-12-26-50(49)51/h1-37H. The van der Waals surface area contributed by atoms with E-state index in [0.29, 0.717) is 0 Å². The zero-order valence-electron chi connectivity index (χ0n) is 30.3. The van der Waals surface area contributed by atoms with E-state index in [9.17, 15) is 0 Å². The Morgan fingerprint density at radius 3 is 1.58 bits per heavy atom. The van der Waals surface area contributed by atoms with Gasteiger partial charge in [0.15, 0.2) is 0 Å². The van der Waals surface area contributed by atoms with Crippen LogP contribution in [0.5, 0.6) is 0 Å². The van der Waals surface area contributed by atoms with E-state index in [1.807, 2.05) is 0 Å². The van der Waals surface area contributed by atoms with Crippen molar-refractivity contribution in [2.24, 2.45) is 0 Å². The fourth-order valence-electron chi connectivity index (χ4n) is 8.25. The molecule has 0 unspecified atom stereocenters. The van der Waals surface area contributed by atoms with Crippen molar-refractivity contribution in [3.63, 3.8) is 0 Å². The van der Waals surface area contributed by atoms with Crippen LogP contribution in [0.25, 0.3) is 76.8 Å². The molecule has 258 valence electrons. The highest BCUT2D eigenvalue weighted by Crippen LogP contribution is 2.48. The van der Waals surface area contributed by atoms with E-state index in [4.69, 9.17) is 0 Å². The van der Waals surface area contributed by atoms with Gasteiger partial charge in [-0.1, -0.05) is 188 Å². The second-order valence-electron chi connectivity index (χ2n) is 14.1. The average Bonchev–Trinajstić information content (AvgIpc) is 3.27. The minimum atomic E-state index is 1.09. The lowest BCUT2D eigenvalue weighted by molar-refractivity contribution is 1.28. The number of para-hydroxylation sites is 1. The number of rotatable bonds is 7. The summed E-state index contributed by atoms with van der Waals surface area (Å²) in [6, 6.07) is 81.5.